The average molecular weight is 317 g/mol. The first-order valence-electron chi connectivity index (χ1n) is 8.16. The first-order valence-corrected chi connectivity index (χ1v) is 8.16. The predicted molar refractivity (Wildman–Crippen MR) is 84.7 cm³/mol. The molecule has 1 aliphatic carbocycles. The number of carbonyl (C=O) groups excluding carboxylic acids is 2. The number of amides is 2. The second-order valence-corrected chi connectivity index (χ2v) is 6.48. The molecule has 0 aromatic carbocycles. The van der Waals surface area contributed by atoms with Crippen molar-refractivity contribution in [3.63, 3.8) is 0 Å². The third-order valence-corrected chi connectivity index (χ3v) is 4.94. The Morgan fingerprint density at radius 2 is 2.35 bits per heavy atom. The first kappa shape index (κ1) is 15.9. The van der Waals surface area contributed by atoms with E-state index in [9.17, 15) is 9.59 Å². The molecule has 6 heteroatoms. The van der Waals surface area contributed by atoms with Gasteiger partial charge in [0.25, 0.3) is 5.91 Å². The fraction of sp³-hybridized carbons (Fsp3) is 0.588. The highest BCUT2D eigenvalue weighted by molar-refractivity contribution is 5.94. The maximum absolute atomic E-state index is 12.2. The molecule has 0 radical (unpaired) electrons. The van der Waals surface area contributed by atoms with Crippen molar-refractivity contribution in [3.05, 3.63) is 30.1 Å². The molecule has 2 fully saturated rings. The maximum Gasteiger partial charge on any atom is 0.253 e. The van der Waals surface area contributed by atoms with Crippen LogP contribution in [0.15, 0.2) is 24.5 Å². The van der Waals surface area contributed by atoms with E-state index in [-0.39, 0.29) is 29.8 Å². The molecule has 0 bridgehead atoms. The number of pyridine rings is 1. The molecule has 1 aromatic rings. The van der Waals surface area contributed by atoms with Crippen molar-refractivity contribution in [2.75, 3.05) is 13.7 Å². The van der Waals surface area contributed by atoms with Gasteiger partial charge in [0.1, 0.15) is 0 Å². The molecule has 4 unspecified atom stereocenters. The highest BCUT2D eigenvalue weighted by Crippen LogP contribution is 2.35. The van der Waals surface area contributed by atoms with E-state index < -0.39 is 0 Å². The van der Waals surface area contributed by atoms with Crippen LogP contribution in [0.5, 0.6) is 0 Å². The minimum atomic E-state index is -0.0999. The molecule has 1 aromatic heterocycles. The summed E-state index contributed by atoms with van der Waals surface area (Å²) in [5.41, 5.74) is 0.569. The largest absolute Gasteiger partial charge is 0.384 e. The monoisotopic (exact) mass is 317 g/mol. The number of piperidine rings is 1. The zero-order chi connectivity index (χ0) is 16.2. The van der Waals surface area contributed by atoms with Crippen LogP contribution in [0.1, 0.15) is 36.0 Å². The summed E-state index contributed by atoms with van der Waals surface area (Å²) in [6.07, 6.45) is 6.47. The van der Waals surface area contributed by atoms with Gasteiger partial charge < -0.3 is 15.4 Å². The molecule has 2 heterocycles. The molecule has 2 N–H and O–H groups in total. The van der Waals surface area contributed by atoms with E-state index in [4.69, 9.17) is 4.74 Å². The molecule has 0 spiro atoms. The zero-order valence-electron chi connectivity index (χ0n) is 13.3. The molecular formula is C17H23N3O3. The first-order chi connectivity index (χ1) is 11.2. The Morgan fingerprint density at radius 1 is 1.48 bits per heavy atom. The predicted octanol–water partition coefficient (Wildman–Crippen LogP) is 1.13. The van der Waals surface area contributed by atoms with Gasteiger partial charge in [0, 0.05) is 44.6 Å². The van der Waals surface area contributed by atoms with Crippen LogP contribution in [-0.4, -0.2) is 42.6 Å². The lowest BCUT2D eigenvalue weighted by Gasteiger charge is -2.43. The molecule has 23 heavy (non-hydrogen) atoms. The summed E-state index contributed by atoms with van der Waals surface area (Å²) in [4.78, 5) is 28.1. The van der Waals surface area contributed by atoms with Crippen LogP contribution >= 0.6 is 0 Å². The third kappa shape index (κ3) is 3.69. The molecule has 1 aliphatic heterocycles. The van der Waals surface area contributed by atoms with Crippen molar-refractivity contribution in [1.29, 1.82) is 0 Å². The van der Waals surface area contributed by atoms with Crippen LogP contribution in [-0.2, 0) is 9.53 Å². The summed E-state index contributed by atoms with van der Waals surface area (Å²) in [6, 6.07) is 3.72. The van der Waals surface area contributed by atoms with Crippen molar-refractivity contribution in [1.82, 2.24) is 15.6 Å². The lowest BCUT2D eigenvalue weighted by molar-refractivity contribution is -0.128. The Bertz CT molecular complexity index is 563. The molecule has 2 amide bonds. The Morgan fingerprint density at radius 3 is 3.09 bits per heavy atom. The summed E-state index contributed by atoms with van der Waals surface area (Å²) >= 11 is 0. The van der Waals surface area contributed by atoms with Crippen molar-refractivity contribution >= 4 is 11.8 Å². The van der Waals surface area contributed by atoms with Gasteiger partial charge in [-0.2, -0.15) is 0 Å². The number of nitrogens with one attached hydrogen (secondary N) is 2. The molecule has 3 rings (SSSR count). The van der Waals surface area contributed by atoms with E-state index in [0.29, 0.717) is 24.5 Å². The summed E-state index contributed by atoms with van der Waals surface area (Å²) in [7, 11) is 1.68. The van der Waals surface area contributed by atoms with Gasteiger partial charge in [0.05, 0.1) is 5.56 Å². The van der Waals surface area contributed by atoms with Crippen LogP contribution < -0.4 is 10.6 Å². The second-order valence-electron chi connectivity index (χ2n) is 6.48. The van der Waals surface area contributed by atoms with E-state index in [2.05, 4.69) is 15.6 Å². The highest BCUT2D eigenvalue weighted by Gasteiger charge is 2.40. The SMILES string of the molecule is COCC1CC(=O)NC2CC(NC(=O)c3cccnc3)CCC12. The average Bonchev–Trinajstić information content (AvgIpc) is 2.55. The fourth-order valence-corrected chi connectivity index (χ4v) is 3.87. The molecule has 1 saturated carbocycles. The van der Waals surface area contributed by atoms with E-state index in [0.717, 1.165) is 19.3 Å². The van der Waals surface area contributed by atoms with E-state index >= 15 is 0 Å². The van der Waals surface area contributed by atoms with Crippen molar-refractivity contribution in [3.8, 4) is 0 Å². The molecular weight excluding hydrogens is 294 g/mol. The van der Waals surface area contributed by atoms with Gasteiger partial charge >= 0.3 is 0 Å². The number of rotatable bonds is 4. The Hall–Kier alpha value is -1.95. The van der Waals surface area contributed by atoms with Crippen LogP contribution in [0, 0.1) is 11.8 Å². The Kier molecular flexibility index (Phi) is 4.91. The number of aromatic nitrogens is 1. The molecule has 2 aliphatic rings. The van der Waals surface area contributed by atoms with Crippen LogP contribution in [0.25, 0.3) is 0 Å². The number of hydrogen-bond donors (Lipinski definition) is 2. The number of methoxy groups -OCH3 is 1. The van der Waals surface area contributed by atoms with Crippen LogP contribution in [0.4, 0.5) is 0 Å². The van der Waals surface area contributed by atoms with Gasteiger partial charge in [0.15, 0.2) is 0 Å². The van der Waals surface area contributed by atoms with Crippen LogP contribution in [0.3, 0.4) is 0 Å². The van der Waals surface area contributed by atoms with Gasteiger partial charge in [0.2, 0.25) is 5.91 Å². The summed E-state index contributed by atoms with van der Waals surface area (Å²) in [6.45, 7) is 0.626. The Labute approximate surface area is 136 Å². The summed E-state index contributed by atoms with van der Waals surface area (Å²) in [5, 5.41) is 6.16. The normalized spacial score (nSPS) is 30.2. The number of ether oxygens (including phenoxy) is 1. The standard InChI is InChI=1S/C17H23N3O3/c1-23-10-12-7-16(21)20-15-8-13(4-5-14(12)15)19-17(22)11-3-2-6-18-9-11/h2-3,6,9,12-15H,4-5,7-8,10H2,1H3,(H,19,22)(H,20,21). The fourth-order valence-electron chi connectivity index (χ4n) is 3.87. The minimum absolute atomic E-state index is 0.0885. The molecule has 1 saturated heterocycles. The molecule has 124 valence electrons. The van der Waals surface area contributed by atoms with Crippen molar-refractivity contribution < 1.29 is 14.3 Å². The lowest BCUT2D eigenvalue weighted by atomic mass is 9.71. The van der Waals surface area contributed by atoms with Crippen LogP contribution in [0.2, 0.25) is 0 Å². The van der Waals surface area contributed by atoms with E-state index in [1.165, 1.54) is 0 Å². The highest BCUT2D eigenvalue weighted by atomic mass is 16.5. The van der Waals surface area contributed by atoms with Gasteiger partial charge in [-0.15, -0.1) is 0 Å². The number of fused-ring (bicyclic) bond motifs is 1. The quantitative estimate of drug-likeness (QED) is 0.872. The smallest absolute Gasteiger partial charge is 0.253 e. The zero-order valence-corrected chi connectivity index (χ0v) is 13.3. The van der Waals surface area contributed by atoms with Gasteiger partial charge in [-0.25, -0.2) is 0 Å². The van der Waals surface area contributed by atoms with Gasteiger partial charge in [-0.3, -0.25) is 14.6 Å². The second kappa shape index (κ2) is 7.08. The minimum Gasteiger partial charge on any atom is -0.384 e. The van der Waals surface area contributed by atoms with Crippen molar-refractivity contribution in [2.45, 2.75) is 37.8 Å². The molecule has 4 atom stereocenters. The topological polar surface area (TPSA) is 80.3 Å². The third-order valence-electron chi connectivity index (χ3n) is 4.94. The van der Waals surface area contributed by atoms with E-state index in [1.807, 2.05) is 0 Å². The summed E-state index contributed by atoms with van der Waals surface area (Å²) < 4.78 is 5.27. The van der Waals surface area contributed by atoms with Gasteiger partial charge in [-0.1, -0.05) is 0 Å². The lowest BCUT2D eigenvalue weighted by Crippen LogP contribution is -2.56. The number of hydrogen-bond acceptors (Lipinski definition) is 4. The Balaban J connectivity index is 1.61. The maximum atomic E-state index is 12.2. The summed E-state index contributed by atoms with van der Waals surface area (Å²) in [5.74, 6) is 0.720. The number of nitrogens with zero attached hydrogens (tertiary/aromatic N) is 1. The van der Waals surface area contributed by atoms with Gasteiger partial charge in [-0.05, 0) is 43.2 Å². The molecule has 6 nitrogen and oxygen atoms in total. The van der Waals surface area contributed by atoms with E-state index in [1.54, 1.807) is 31.6 Å². The van der Waals surface area contributed by atoms with Crippen molar-refractivity contribution in [2.24, 2.45) is 11.8 Å². The number of carbonyl (C=O) groups is 2.